The fourth-order valence-electron chi connectivity index (χ4n) is 13.1. The van der Waals surface area contributed by atoms with E-state index < -0.39 is 0 Å². The summed E-state index contributed by atoms with van der Waals surface area (Å²) in [5.74, 6) is 3.76. The third-order valence-electron chi connectivity index (χ3n) is 17.0. The van der Waals surface area contributed by atoms with Gasteiger partial charge >= 0.3 is 0 Å². The Hall–Kier alpha value is -6.13. The van der Waals surface area contributed by atoms with Gasteiger partial charge in [-0.25, -0.2) is 0 Å². The standard InChI is InChI=1S/C60H58B2N2O2/c1-35-27-49-55-53(29-35)65-51-17-13-11-15-43(51)61(55)45-33-46-48(34-47(45)63(49)37-19-21-39-41(31-37)59(7,8)25-23-57(39,3)4)64(38-20-22-40-42(32-38)60(9,10)26-24-58(40,5)6)50-28-36(2)30-54-56(50)62(46)44-16-12-14-18-52(44)66-54/h11-22,27-34H,23-26H2,1-10H3. The van der Waals surface area contributed by atoms with E-state index in [2.05, 4.69) is 200 Å². The second-order valence-electron chi connectivity index (χ2n) is 23.2. The van der Waals surface area contributed by atoms with E-state index in [4.69, 9.17) is 9.47 Å². The minimum absolute atomic E-state index is 0.0284. The number of rotatable bonds is 2. The highest BCUT2D eigenvalue weighted by Crippen LogP contribution is 2.52. The SMILES string of the molecule is Cc1cc2c3c(c1)N(c1ccc4c(c1)C(C)(C)CCC4(C)C)c1cc4c(cc1B3c1ccccc1O2)B1c2ccccc2Oc2cc(C)cc(c21)N4c1ccc2c(c1)C(C)(C)CCC2(C)C. The van der Waals surface area contributed by atoms with Crippen LogP contribution in [-0.2, 0) is 21.7 Å². The normalized spacial score (nSPS) is 18.8. The molecule has 0 aromatic heterocycles. The zero-order chi connectivity index (χ0) is 45.4. The van der Waals surface area contributed by atoms with Crippen molar-refractivity contribution in [2.24, 2.45) is 0 Å². The zero-order valence-corrected chi connectivity index (χ0v) is 40.2. The maximum absolute atomic E-state index is 6.94. The first-order valence-corrected chi connectivity index (χ1v) is 24.4. The minimum atomic E-state index is -0.0284. The van der Waals surface area contributed by atoms with E-state index in [0.29, 0.717) is 0 Å². The molecule has 7 aromatic carbocycles. The molecule has 4 heterocycles. The first-order chi connectivity index (χ1) is 31.5. The number of anilines is 6. The fourth-order valence-corrected chi connectivity index (χ4v) is 13.1. The monoisotopic (exact) mass is 860 g/mol. The number of nitrogens with zero attached hydrogens (tertiary/aromatic N) is 2. The van der Waals surface area contributed by atoms with Crippen molar-refractivity contribution in [2.45, 2.75) is 117 Å². The zero-order valence-electron chi connectivity index (χ0n) is 40.2. The molecule has 0 N–H and O–H groups in total. The third kappa shape index (κ3) is 5.54. The molecule has 2 aliphatic carbocycles. The van der Waals surface area contributed by atoms with Crippen molar-refractivity contribution in [1.82, 2.24) is 0 Å². The van der Waals surface area contributed by atoms with E-state index in [1.807, 2.05) is 0 Å². The van der Waals surface area contributed by atoms with Crippen molar-refractivity contribution in [3.63, 3.8) is 0 Å². The highest BCUT2D eigenvalue weighted by atomic mass is 16.5. The van der Waals surface area contributed by atoms with Crippen LogP contribution in [-0.4, -0.2) is 13.4 Å². The number of ether oxygens (including phenoxy) is 2. The molecule has 0 saturated heterocycles. The van der Waals surface area contributed by atoms with Gasteiger partial charge in [0.1, 0.15) is 23.0 Å². The van der Waals surface area contributed by atoms with E-state index in [1.165, 1.54) is 113 Å². The van der Waals surface area contributed by atoms with Crippen molar-refractivity contribution in [1.29, 1.82) is 0 Å². The molecule has 6 aliphatic rings. The van der Waals surface area contributed by atoms with Gasteiger partial charge in [0.2, 0.25) is 0 Å². The van der Waals surface area contributed by atoms with Gasteiger partial charge in [-0.05, 0) is 194 Å². The summed E-state index contributed by atoms with van der Waals surface area (Å²) in [5, 5.41) is 0. The van der Waals surface area contributed by atoms with Crippen molar-refractivity contribution in [2.75, 3.05) is 9.80 Å². The Balaban J connectivity index is 1.15. The second kappa shape index (κ2) is 13.3. The molecule has 0 atom stereocenters. The molecule has 326 valence electrons. The van der Waals surface area contributed by atoms with Gasteiger partial charge in [-0.3, -0.25) is 0 Å². The van der Waals surface area contributed by atoms with Gasteiger partial charge in [0.05, 0.1) is 0 Å². The second-order valence-corrected chi connectivity index (χ2v) is 23.2. The van der Waals surface area contributed by atoms with Crippen molar-refractivity contribution >= 4 is 80.3 Å². The summed E-state index contributed by atoms with van der Waals surface area (Å²) in [6.07, 6.45) is 4.68. The van der Waals surface area contributed by atoms with Crippen LogP contribution >= 0.6 is 0 Å². The maximum atomic E-state index is 6.94. The summed E-state index contributed by atoms with van der Waals surface area (Å²) in [7, 11) is 0. The third-order valence-corrected chi connectivity index (χ3v) is 17.0. The quantitative estimate of drug-likeness (QED) is 0.162. The molecule has 66 heavy (non-hydrogen) atoms. The van der Waals surface area contributed by atoms with Crippen LogP contribution in [0.2, 0.25) is 0 Å². The molecule has 7 aromatic rings. The van der Waals surface area contributed by atoms with Crippen molar-refractivity contribution < 1.29 is 9.47 Å². The molecule has 0 amide bonds. The molecule has 6 heteroatoms. The fraction of sp³-hybridized carbons (Fsp3) is 0.300. The van der Waals surface area contributed by atoms with Crippen LogP contribution in [0, 0.1) is 13.8 Å². The van der Waals surface area contributed by atoms with Gasteiger partial charge in [-0.15, -0.1) is 0 Å². The molecule has 0 fully saturated rings. The average molecular weight is 861 g/mol. The Bertz CT molecular complexity index is 3070. The lowest BCUT2D eigenvalue weighted by Gasteiger charge is -2.46. The molecule has 0 radical (unpaired) electrons. The van der Waals surface area contributed by atoms with Crippen LogP contribution in [0.1, 0.15) is 114 Å². The number of aryl methyl sites for hydroxylation is 2. The summed E-state index contributed by atoms with van der Waals surface area (Å²) < 4.78 is 13.9. The Morgan fingerprint density at radius 1 is 0.379 bits per heavy atom. The molecule has 13 rings (SSSR count). The molecule has 0 bridgehead atoms. The van der Waals surface area contributed by atoms with E-state index in [-0.39, 0.29) is 35.1 Å². The van der Waals surface area contributed by atoms with Crippen LogP contribution in [0.15, 0.2) is 121 Å². The van der Waals surface area contributed by atoms with Crippen molar-refractivity contribution in [3.8, 4) is 23.0 Å². The van der Waals surface area contributed by atoms with E-state index >= 15 is 0 Å². The molecule has 0 saturated carbocycles. The summed E-state index contributed by atoms with van der Waals surface area (Å²) in [6, 6.07) is 46.7. The van der Waals surface area contributed by atoms with Crippen LogP contribution in [0.25, 0.3) is 0 Å². The van der Waals surface area contributed by atoms with Crippen LogP contribution < -0.4 is 52.1 Å². The number of hydrogen-bond acceptors (Lipinski definition) is 4. The van der Waals surface area contributed by atoms with Gasteiger partial charge in [0, 0.05) is 34.1 Å². The lowest BCUT2D eigenvalue weighted by molar-refractivity contribution is 0.332. The summed E-state index contributed by atoms with van der Waals surface area (Å²) in [4.78, 5) is 5.19. The number of hydrogen-bond donors (Lipinski definition) is 0. The van der Waals surface area contributed by atoms with Crippen LogP contribution in [0.5, 0.6) is 23.0 Å². The number of para-hydroxylation sites is 2. The molecular weight excluding hydrogens is 802 g/mol. The Morgan fingerprint density at radius 3 is 1.20 bits per heavy atom. The molecular formula is C60H58B2N2O2. The van der Waals surface area contributed by atoms with Gasteiger partial charge < -0.3 is 19.3 Å². The summed E-state index contributed by atoms with van der Waals surface area (Å²) >= 11 is 0. The van der Waals surface area contributed by atoms with E-state index in [9.17, 15) is 0 Å². The topological polar surface area (TPSA) is 24.9 Å². The molecule has 0 spiro atoms. The highest BCUT2D eigenvalue weighted by molar-refractivity contribution is 7.02. The summed E-state index contributed by atoms with van der Waals surface area (Å²) in [5.41, 5.74) is 23.2. The average Bonchev–Trinajstić information content (AvgIpc) is 3.28. The summed E-state index contributed by atoms with van der Waals surface area (Å²) in [6.45, 7) is 23.9. The van der Waals surface area contributed by atoms with Gasteiger partial charge in [0.25, 0.3) is 13.4 Å². The van der Waals surface area contributed by atoms with E-state index in [1.54, 1.807) is 0 Å². The maximum Gasteiger partial charge on any atom is 0.256 e. The smallest absolute Gasteiger partial charge is 0.256 e. The van der Waals surface area contributed by atoms with Crippen LogP contribution in [0.3, 0.4) is 0 Å². The lowest BCUT2D eigenvalue weighted by Crippen LogP contribution is -2.63. The Morgan fingerprint density at radius 2 is 0.773 bits per heavy atom. The first-order valence-electron chi connectivity index (χ1n) is 24.4. The van der Waals surface area contributed by atoms with Gasteiger partial charge in [0.15, 0.2) is 0 Å². The Labute approximate surface area is 392 Å². The predicted molar refractivity (Wildman–Crippen MR) is 278 cm³/mol. The number of fused-ring (bicyclic) bond motifs is 10. The van der Waals surface area contributed by atoms with E-state index in [0.717, 1.165) is 35.8 Å². The Kier molecular flexibility index (Phi) is 8.08. The van der Waals surface area contributed by atoms with Gasteiger partial charge in [-0.2, -0.15) is 0 Å². The first kappa shape index (κ1) is 40.2. The molecule has 0 unspecified atom stereocenters. The highest BCUT2D eigenvalue weighted by Gasteiger charge is 2.48. The predicted octanol–water partition coefficient (Wildman–Crippen LogP) is 11.8. The largest absolute Gasteiger partial charge is 0.458 e. The van der Waals surface area contributed by atoms with Crippen molar-refractivity contribution in [3.05, 3.63) is 155 Å². The number of benzene rings is 7. The minimum Gasteiger partial charge on any atom is -0.458 e. The molecule has 4 aliphatic heterocycles. The van der Waals surface area contributed by atoms with Gasteiger partial charge in [-0.1, -0.05) is 110 Å². The molecule has 4 nitrogen and oxygen atoms in total. The van der Waals surface area contributed by atoms with Crippen LogP contribution in [0.4, 0.5) is 34.1 Å². The lowest BCUT2D eigenvalue weighted by atomic mass is 9.31.